The van der Waals surface area contributed by atoms with Crippen LogP contribution in [0.1, 0.15) is 6.92 Å². The third kappa shape index (κ3) is 4.78. The molecule has 1 atom stereocenters. The largest absolute Gasteiger partial charge is 1.00 e. The first-order valence-electron chi connectivity index (χ1n) is 4.73. The first kappa shape index (κ1) is 14.6. The first-order chi connectivity index (χ1) is 6.39. The zero-order chi connectivity index (χ0) is 10.8. The molecule has 0 saturated carbocycles. The molecule has 0 saturated heterocycles. The quantitative estimate of drug-likeness (QED) is 0.334. The number of nitrogen functional groups attached to an aromatic ring is 1. The molecule has 4 heteroatoms. The maximum absolute atomic E-state index is 5.63. The maximum Gasteiger partial charge on any atom is 0.137 e. The van der Waals surface area contributed by atoms with Gasteiger partial charge in [-0.1, -0.05) is 11.8 Å². The summed E-state index contributed by atoms with van der Waals surface area (Å²) in [6.45, 7) is 2.24. The van der Waals surface area contributed by atoms with Gasteiger partial charge in [0.25, 0.3) is 0 Å². The molecule has 86 valence electrons. The minimum Gasteiger partial charge on any atom is -1.00 e. The maximum atomic E-state index is 5.63. The summed E-state index contributed by atoms with van der Waals surface area (Å²) >= 11 is 1.88. The molecule has 0 radical (unpaired) electrons. The van der Waals surface area contributed by atoms with Gasteiger partial charge in [-0.05, 0) is 31.2 Å². The van der Waals surface area contributed by atoms with Crippen molar-refractivity contribution in [3.63, 3.8) is 0 Å². The Morgan fingerprint density at radius 1 is 1.13 bits per heavy atom. The molecule has 1 aromatic rings. The van der Waals surface area contributed by atoms with Gasteiger partial charge in [0.1, 0.15) is 5.37 Å². The minimum absolute atomic E-state index is 0. The second-order valence-electron chi connectivity index (χ2n) is 4.40. The van der Waals surface area contributed by atoms with Crippen LogP contribution in [0.15, 0.2) is 29.2 Å². The fourth-order valence-corrected chi connectivity index (χ4v) is 1.90. The number of rotatable bonds is 3. The van der Waals surface area contributed by atoms with Crippen LogP contribution in [-0.4, -0.2) is 31.0 Å². The van der Waals surface area contributed by atoms with Gasteiger partial charge < -0.3 is 22.6 Å². The zero-order valence-electron chi connectivity index (χ0n) is 9.70. The van der Waals surface area contributed by atoms with Gasteiger partial charge in [0.05, 0.1) is 21.1 Å². The van der Waals surface area contributed by atoms with E-state index in [4.69, 9.17) is 5.73 Å². The standard InChI is InChI=1S/C11H19N2S.ClH/c1-9(13(2,3)4)14-11-7-5-10(12)6-8-11;/h5-9H,12H2,1-4H3;1H/q+1;/p-1. The minimum atomic E-state index is 0. The van der Waals surface area contributed by atoms with E-state index in [1.807, 2.05) is 23.9 Å². The molecule has 1 unspecified atom stereocenters. The molecule has 0 amide bonds. The Hall–Kier alpha value is -0.380. The molecule has 0 aliphatic heterocycles. The number of halogens is 1. The van der Waals surface area contributed by atoms with Gasteiger partial charge in [0.15, 0.2) is 0 Å². The molecule has 2 nitrogen and oxygen atoms in total. The van der Waals surface area contributed by atoms with Crippen molar-refractivity contribution in [2.24, 2.45) is 0 Å². The summed E-state index contributed by atoms with van der Waals surface area (Å²) in [7, 11) is 6.61. The number of hydrogen-bond acceptors (Lipinski definition) is 2. The van der Waals surface area contributed by atoms with Crippen molar-refractivity contribution < 1.29 is 16.9 Å². The van der Waals surface area contributed by atoms with Crippen molar-refractivity contribution in [2.75, 3.05) is 26.9 Å². The van der Waals surface area contributed by atoms with Crippen molar-refractivity contribution in [3.8, 4) is 0 Å². The number of nitrogens with two attached hydrogens (primary N) is 1. The summed E-state index contributed by atoms with van der Waals surface area (Å²) < 4.78 is 0.953. The molecule has 0 spiro atoms. The monoisotopic (exact) mass is 246 g/mol. The lowest BCUT2D eigenvalue weighted by Gasteiger charge is -2.30. The summed E-state index contributed by atoms with van der Waals surface area (Å²) in [5.74, 6) is 0. The Labute approximate surface area is 103 Å². The fourth-order valence-electron chi connectivity index (χ4n) is 0.901. The third-order valence-corrected chi connectivity index (χ3v) is 3.80. The number of anilines is 1. The lowest BCUT2D eigenvalue weighted by Crippen LogP contribution is -3.00. The molecule has 0 aliphatic carbocycles. The normalized spacial score (nSPS) is 13.1. The summed E-state index contributed by atoms with van der Waals surface area (Å²) in [5.41, 5.74) is 6.46. The van der Waals surface area contributed by atoms with E-state index in [1.54, 1.807) is 0 Å². The molecule has 1 aromatic carbocycles. The van der Waals surface area contributed by atoms with E-state index in [-0.39, 0.29) is 12.4 Å². The number of nitrogens with zero attached hydrogens (tertiary/aromatic N) is 1. The summed E-state index contributed by atoms with van der Waals surface area (Å²) in [4.78, 5) is 1.28. The van der Waals surface area contributed by atoms with Gasteiger partial charge in [-0.2, -0.15) is 0 Å². The van der Waals surface area contributed by atoms with E-state index in [1.165, 1.54) is 4.90 Å². The highest BCUT2D eigenvalue weighted by Gasteiger charge is 2.18. The van der Waals surface area contributed by atoms with Crippen molar-refractivity contribution in [1.82, 2.24) is 0 Å². The average molecular weight is 247 g/mol. The second kappa shape index (κ2) is 5.64. The van der Waals surface area contributed by atoms with E-state index < -0.39 is 0 Å². The van der Waals surface area contributed by atoms with E-state index in [9.17, 15) is 0 Å². The Balaban J connectivity index is 0.00000196. The van der Waals surface area contributed by atoms with E-state index in [0.717, 1.165) is 10.2 Å². The SMILES string of the molecule is CC(Sc1ccc(N)cc1)[N+](C)(C)C.[Cl-]. The van der Waals surface area contributed by atoms with Crippen LogP contribution in [0.3, 0.4) is 0 Å². The molecule has 0 fully saturated rings. The highest BCUT2D eigenvalue weighted by molar-refractivity contribution is 7.99. The molecule has 15 heavy (non-hydrogen) atoms. The molecule has 0 aliphatic rings. The Bertz CT molecular complexity index is 292. The van der Waals surface area contributed by atoms with Crippen LogP contribution in [0.5, 0.6) is 0 Å². The predicted octanol–water partition coefficient (Wildman–Crippen LogP) is -0.583. The van der Waals surface area contributed by atoms with Gasteiger partial charge in [-0.3, -0.25) is 0 Å². The average Bonchev–Trinajstić information content (AvgIpc) is 2.07. The van der Waals surface area contributed by atoms with Crippen LogP contribution in [0.4, 0.5) is 5.69 Å². The van der Waals surface area contributed by atoms with Crippen LogP contribution in [0, 0.1) is 0 Å². The number of thioether (sulfide) groups is 1. The van der Waals surface area contributed by atoms with Crippen molar-refractivity contribution in [1.29, 1.82) is 0 Å². The molecular weight excluding hydrogens is 228 g/mol. The van der Waals surface area contributed by atoms with Crippen molar-refractivity contribution in [3.05, 3.63) is 24.3 Å². The zero-order valence-corrected chi connectivity index (χ0v) is 11.3. The van der Waals surface area contributed by atoms with Gasteiger partial charge in [0, 0.05) is 10.6 Å². The van der Waals surface area contributed by atoms with Crippen LogP contribution >= 0.6 is 11.8 Å². The molecule has 0 bridgehead atoms. The smallest absolute Gasteiger partial charge is 0.137 e. The van der Waals surface area contributed by atoms with Crippen LogP contribution in [0.2, 0.25) is 0 Å². The molecule has 0 heterocycles. The lowest BCUT2D eigenvalue weighted by atomic mass is 10.3. The topological polar surface area (TPSA) is 26.0 Å². The lowest BCUT2D eigenvalue weighted by molar-refractivity contribution is -0.878. The van der Waals surface area contributed by atoms with Crippen molar-refractivity contribution in [2.45, 2.75) is 17.2 Å². The van der Waals surface area contributed by atoms with Gasteiger partial charge >= 0.3 is 0 Å². The summed E-state index contributed by atoms with van der Waals surface area (Å²) in [6, 6.07) is 8.05. The fraction of sp³-hybridized carbons (Fsp3) is 0.455. The molecule has 1 rings (SSSR count). The summed E-state index contributed by atoms with van der Waals surface area (Å²) in [5, 5.41) is 0.540. The van der Waals surface area contributed by atoms with Gasteiger partial charge in [0.2, 0.25) is 0 Å². The van der Waals surface area contributed by atoms with E-state index in [2.05, 4.69) is 40.2 Å². The molecular formula is C11H19ClN2S. The highest BCUT2D eigenvalue weighted by atomic mass is 35.5. The molecule has 2 N–H and O–H groups in total. The second-order valence-corrected chi connectivity index (χ2v) is 5.79. The Kier molecular flexibility index (Phi) is 5.49. The Morgan fingerprint density at radius 3 is 2.00 bits per heavy atom. The van der Waals surface area contributed by atoms with Crippen LogP contribution in [-0.2, 0) is 0 Å². The molecule has 0 aromatic heterocycles. The first-order valence-corrected chi connectivity index (χ1v) is 5.61. The van der Waals surface area contributed by atoms with Crippen LogP contribution in [0.25, 0.3) is 0 Å². The Morgan fingerprint density at radius 2 is 1.60 bits per heavy atom. The summed E-state index contributed by atoms with van der Waals surface area (Å²) in [6.07, 6.45) is 0. The van der Waals surface area contributed by atoms with Crippen molar-refractivity contribution >= 4 is 17.4 Å². The van der Waals surface area contributed by atoms with Crippen LogP contribution < -0.4 is 18.1 Å². The highest BCUT2D eigenvalue weighted by Crippen LogP contribution is 2.27. The predicted molar refractivity (Wildman–Crippen MR) is 64.2 cm³/mol. The number of quaternary nitrogens is 1. The number of hydrogen-bond donors (Lipinski definition) is 1. The number of benzene rings is 1. The van der Waals surface area contributed by atoms with E-state index >= 15 is 0 Å². The van der Waals surface area contributed by atoms with Gasteiger partial charge in [-0.25, -0.2) is 0 Å². The van der Waals surface area contributed by atoms with Gasteiger partial charge in [-0.15, -0.1) is 0 Å². The van der Waals surface area contributed by atoms with E-state index in [0.29, 0.717) is 5.37 Å². The third-order valence-electron chi connectivity index (χ3n) is 2.28.